The minimum atomic E-state index is 0.646. The number of ether oxygens (including phenoxy) is 4. The van der Waals surface area contributed by atoms with Gasteiger partial charge in [0.1, 0.15) is 0 Å². The van der Waals surface area contributed by atoms with Gasteiger partial charge in [-0.2, -0.15) is 0 Å². The van der Waals surface area contributed by atoms with Gasteiger partial charge in [0, 0.05) is 41.7 Å². The van der Waals surface area contributed by atoms with Crippen LogP contribution in [0.5, 0.6) is 23.0 Å². The second-order valence-electron chi connectivity index (χ2n) is 11.5. The fourth-order valence-electron chi connectivity index (χ4n) is 6.17. The molecular weight excluding hydrogens is 584 g/mol. The smallest absolute Gasteiger partial charge is 0.168 e. The second kappa shape index (κ2) is 13.9. The van der Waals surface area contributed by atoms with Crippen LogP contribution in [0.15, 0.2) is 108 Å². The highest BCUT2D eigenvalue weighted by Crippen LogP contribution is 2.44. The average molecular weight is 625 g/mol. The van der Waals surface area contributed by atoms with Gasteiger partial charge in [-0.15, -0.1) is 0 Å². The first-order valence-electron chi connectivity index (χ1n) is 15.7. The summed E-state index contributed by atoms with van der Waals surface area (Å²) in [6, 6.07) is 35.9. The maximum atomic E-state index is 6.07. The number of benzene rings is 5. The van der Waals surface area contributed by atoms with Crippen molar-refractivity contribution >= 4 is 17.5 Å². The summed E-state index contributed by atoms with van der Waals surface area (Å²) in [6.07, 6.45) is 2.20. The van der Waals surface area contributed by atoms with Crippen molar-refractivity contribution in [2.75, 3.05) is 48.6 Å². The molecule has 0 saturated carbocycles. The van der Waals surface area contributed by atoms with E-state index in [0.717, 1.165) is 68.0 Å². The van der Waals surface area contributed by atoms with E-state index in [1.807, 2.05) is 31.2 Å². The molecule has 1 aliphatic heterocycles. The molecule has 0 spiro atoms. The summed E-state index contributed by atoms with van der Waals surface area (Å²) in [5.41, 5.74) is 11.4. The van der Waals surface area contributed by atoms with Crippen LogP contribution in [0.4, 0.5) is 0 Å². The van der Waals surface area contributed by atoms with Crippen LogP contribution in [-0.2, 0) is 0 Å². The normalized spacial score (nSPS) is 12.9. The number of rotatable bonds is 8. The van der Waals surface area contributed by atoms with Gasteiger partial charge in [-0.25, -0.2) is 0 Å². The number of methoxy groups -OCH3 is 4. The Kier molecular flexibility index (Phi) is 9.30. The Morgan fingerprint density at radius 2 is 1.13 bits per heavy atom. The Morgan fingerprint density at radius 1 is 0.553 bits per heavy atom. The molecule has 0 amide bonds. The molecule has 0 unspecified atom stereocenters. The van der Waals surface area contributed by atoms with E-state index in [9.17, 15) is 0 Å². The fraction of sp³-hybridized carbons (Fsp3) is 0.195. The highest BCUT2D eigenvalue weighted by Gasteiger charge is 2.21. The Labute approximate surface area is 277 Å². The van der Waals surface area contributed by atoms with Gasteiger partial charge < -0.3 is 23.8 Å². The summed E-state index contributed by atoms with van der Waals surface area (Å²) in [7, 11) is 8.79. The van der Waals surface area contributed by atoms with E-state index in [1.54, 1.807) is 28.4 Å². The molecule has 6 rings (SSSR count). The predicted molar refractivity (Wildman–Crippen MR) is 193 cm³/mol. The van der Waals surface area contributed by atoms with E-state index < -0.39 is 0 Å². The molecule has 0 bridgehead atoms. The van der Waals surface area contributed by atoms with Crippen molar-refractivity contribution in [1.29, 1.82) is 0 Å². The molecule has 5 aromatic rings. The zero-order chi connectivity index (χ0) is 32.9. The maximum absolute atomic E-state index is 6.07. The SMILES string of the molecule is COc1cc2c(cc1OC)C(C)=NCCN(C)C(c1cc(OC)c(OC)c(-c3cc(-c4ccccc4)cc(-c4ccccc4)c3)c1)=C2. The second-order valence-corrected chi connectivity index (χ2v) is 11.5. The number of likely N-dealkylation sites (N-methyl/N-ethyl adjacent to an activating group) is 1. The first kappa shape index (κ1) is 31.5. The molecule has 238 valence electrons. The first-order chi connectivity index (χ1) is 22.9. The van der Waals surface area contributed by atoms with Crippen molar-refractivity contribution in [1.82, 2.24) is 4.90 Å². The molecule has 0 atom stereocenters. The lowest BCUT2D eigenvalue weighted by molar-refractivity contribution is 0.355. The van der Waals surface area contributed by atoms with Gasteiger partial charge in [-0.3, -0.25) is 4.99 Å². The van der Waals surface area contributed by atoms with Crippen LogP contribution < -0.4 is 18.9 Å². The lowest BCUT2D eigenvalue weighted by Crippen LogP contribution is -2.20. The van der Waals surface area contributed by atoms with Gasteiger partial charge in [0.2, 0.25) is 0 Å². The molecule has 1 aliphatic rings. The Hall–Kier alpha value is -5.49. The molecule has 0 saturated heterocycles. The molecule has 6 nitrogen and oxygen atoms in total. The summed E-state index contributed by atoms with van der Waals surface area (Å²) in [5.74, 6) is 2.67. The van der Waals surface area contributed by atoms with Gasteiger partial charge in [-0.1, -0.05) is 60.7 Å². The third-order valence-corrected chi connectivity index (χ3v) is 8.67. The largest absolute Gasteiger partial charge is 0.493 e. The van der Waals surface area contributed by atoms with E-state index in [-0.39, 0.29) is 0 Å². The van der Waals surface area contributed by atoms with Crippen LogP contribution in [0.2, 0.25) is 0 Å². The van der Waals surface area contributed by atoms with Crippen LogP contribution in [0.3, 0.4) is 0 Å². The standard InChI is InChI=1S/C41H40N2O4/c1-27-35-26-39(45-4)38(44-3)24-33(35)23-37(43(2)18-17-42-27)34-22-36(41(47-6)40(25-34)46-5)32-20-30(28-13-9-7-10-14-28)19-31(21-32)29-15-11-8-12-16-29/h7-16,19-26H,17-18H2,1-6H3. The summed E-state index contributed by atoms with van der Waals surface area (Å²) < 4.78 is 23.4. The van der Waals surface area contributed by atoms with Crippen molar-refractivity contribution in [3.63, 3.8) is 0 Å². The molecule has 0 fully saturated rings. The number of hydrogen-bond donors (Lipinski definition) is 0. The monoisotopic (exact) mass is 624 g/mol. The fourth-order valence-corrected chi connectivity index (χ4v) is 6.17. The van der Waals surface area contributed by atoms with Gasteiger partial charge in [-0.05, 0) is 88.8 Å². The van der Waals surface area contributed by atoms with Crippen LogP contribution in [0.25, 0.3) is 45.2 Å². The summed E-state index contributed by atoms with van der Waals surface area (Å²) >= 11 is 0. The van der Waals surface area contributed by atoms with Gasteiger partial charge in [0.25, 0.3) is 0 Å². The van der Waals surface area contributed by atoms with Crippen molar-refractivity contribution in [3.8, 4) is 56.4 Å². The van der Waals surface area contributed by atoms with E-state index in [0.29, 0.717) is 29.5 Å². The molecule has 0 radical (unpaired) electrons. The topological polar surface area (TPSA) is 52.5 Å². The number of hydrogen-bond acceptors (Lipinski definition) is 6. The minimum absolute atomic E-state index is 0.646. The lowest BCUT2D eigenvalue weighted by atomic mass is 9.91. The Balaban J connectivity index is 1.60. The quantitative estimate of drug-likeness (QED) is 0.173. The lowest BCUT2D eigenvalue weighted by Gasteiger charge is -2.24. The Bertz CT molecular complexity index is 1890. The highest BCUT2D eigenvalue weighted by atomic mass is 16.5. The summed E-state index contributed by atoms with van der Waals surface area (Å²) in [6.45, 7) is 3.42. The van der Waals surface area contributed by atoms with Gasteiger partial charge >= 0.3 is 0 Å². The van der Waals surface area contributed by atoms with Gasteiger partial charge in [0.05, 0.1) is 35.0 Å². The van der Waals surface area contributed by atoms with Crippen LogP contribution >= 0.6 is 0 Å². The molecule has 1 heterocycles. The summed E-state index contributed by atoms with van der Waals surface area (Å²) in [5, 5.41) is 0. The third kappa shape index (κ3) is 6.45. The molecule has 0 aromatic heterocycles. The van der Waals surface area contributed by atoms with E-state index in [2.05, 4.69) is 96.9 Å². The first-order valence-corrected chi connectivity index (χ1v) is 15.7. The zero-order valence-corrected chi connectivity index (χ0v) is 27.8. The molecule has 0 N–H and O–H groups in total. The van der Waals surface area contributed by atoms with Crippen molar-refractivity contribution < 1.29 is 18.9 Å². The average Bonchev–Trinajstić information content (AvgIpc) is 3.18. The molecule has 5 aromatic carbocycles. The third-order valence-electron chi connectivity index (χ3n) is 8.67. The minimum Gasteiger partial charge on any atom is -0.493 e. The highest BCUT2D eigenvalue weighted by molar-refractivity contribution is 6.04. The molecule has 6 heteroatoms. The molecule has 47 heavy (non-hydrogen) atoms. The Morgan fingerprint density at radius 3 is 1.70 bits per heavy atom. The maximum Gasteiger partial charge on any atom is 0.168 e. The number of fused-ring (bicyclic) bond motifs is 1. The zero-order valence-electron chi connectivity index (χ0n) is 27.8. The van der Waals surface area contributed by atoms with Crippen molar-refractivity contribution in [3.05, 3.63) is 120 Å². The van der Waals surface area contributed by atoms with E-state index in [1.165, 1.54) is 0 Å². The van der Waals surface area contributed by atoms with E-state index in [4.69, 9.17) is 23.9 Å². The van der Waals surface area contributed by atoms with Gasteiger partial charge in [0.15, 0.2) is 23.0 Å². The summed E-state index contributed by atoms with van der Waals surface area (Å²) in [4.78, 5) is 7.14. The van der Waals surface area contributed by atoms with Crippen molar-refractivity contribution in [2.45, 2.75) is 6.92 Å². The number of aliphatic imine (C=N–C) groups is 1. The van der Waals surface area contributed by atoms with E-state index >= 15 is 0 Å². The number of nitrogens with zero attached hydrogens (tertiary/aromatic N) is 2. The predicted octanol–water partition coefficient (Wildman–Crippen LogP) is 8.97. The molecular formula is C41H40N2O4. The molecule has 0 aliphatic carbocycles. The van der Waals surface area contributed by atoms with Crippen LogP contribution in [0, 0.1) is 0 Å². The van der Waals surface area contributed by atoms with Crippen LogP contribution in [0.1, 0.15) is 23.6 Å². The van der Waals surface area contributed by atoms with Crippen LogP contribution in [-0.4, -0.2) is 59.2 Å². The van der Waals surface area contributed by atoms with Crippen molar-refractivity contribution in [2.24, 2.45) is 4.99 Å².